The molecule has 2 nitrogen and oxygen atoms in total. The van der Waals surface area contributed by atoms with Gasteiger partial charge in [0.15, 0.2) is 7.14 Å². The van der Waals surface area contributed by atoms with Crippen molar-refractivity contribution < 1.29 is 30.9 Å². The standard InChI is InChI=1S/C18H16F6NOP/c19-17(20,21)12-4-1-6-14(10-12)27(26,16-8-3-9-25-16)15-7-2-5-13(11-15)18(22,23)24/h1-2,4-7,10-11,16,25H,3,8-9H2/t16-/m1/s1. The van der Waals surface area contributed by atoms with Gasteiger partial charge in [0.2, 0.25) is 0 Å². The molecule has 1 saturated heterocycles. The highest BCUT2D eigenvalue weighted by Gasteiger charge is 2.41. The highest BCUT2D eigenvalue weighted by atomic mass is 31.2. The van der Waals surface area contributed by atoms with E-state index in [1.807, 2.05) is 0 Å². The Balaban J connectivity index is 2.19. The van der Waals surface area contributed by atoms with Crippen LogP contribution in [0, 0.1) is 0 Å². The summed E-state index contributed by atoms with van der Waals surface area (Å²) >= 11 is 0. The van der Waals surface area contributed by atoms with Crippen molar-refractivity contribution in [3.8, 4) is 0 Å². The van der Waals surface area contributed by atoms with Crippen LogP contribution in [-0.4, -0.2) is 12.3 Å². The number of hydrogen-bond acceptors (Lipinski definition) is 2. The van der Waals surface area contributed by atoms with Crippen molar-refractivity contribution in [3.05, 3.63) is 59.7 Å². The number of benzene rings is 2. The van der Waals surface area contributed by atoms with Crippen LogP contribution in [0.5, 0.6) is 0 Å². The molecule has 1 N–H and O–H groups in total. The minimum absolute atomic E-state index is 0.101. The van der Waals surface area contributed by atoms with Gasteiger partial charge < -0.3 is 9.88 Å². The van der Waals surface area contributed by atoms with E-state index in [2.05, 4.69) is 5.32 Å². The van der Waals surface area contributed by atoms with E-state index in [0.717, 1.165) is 36.4 Å². The normalized spacial score (nSPS) is 18.7. The summed E-state index contributed by atoms with van der Waals surface area (Å²) in [7, 11) is -3.78. The van der Waals surface area contributed by atoms with Crippen LogP contribution in [0.15, 0.2) is 48.5 Å². The van der Waals surface area contributed by atoms with Crippen molar-refractivity contribution >= 4 is 17.8 Å². The fourth-order valence-electron chi connectivity index (χ4n) is 3.26. The Labute approximate surface area is 152 Å². The molecule has 9 heteroatoms. The third-order valence-electron chi connectivity index (χ3n) is 4.59. The van der Waals surface area contributed by atoms with E-state index < -0.39 is 36.4 Å². The zero-order valence-corrected chi connectivity index (χ0v) is 14.8. The second-order valence-electron chi connectivity index (χ2n) is 6.37. The first kappa shape index (κ1) is 20.0. The van der Waals surface area contributed by atoms with Crippen LogP contribution >= 0.6 is 7.14 Å². The fourth-order valence-corrected chi connectivity index (χ4v) is 6.49. The van der Waals surface area contributed by atoms with Gasteiger partial charge >= 0.3 is 12.4 Å². The zero-order valence-electron chi connectivity index (χ0n) is 13.9. The molecule has 146 valence electrons. The first-order valence-corrected chi connectivity index (χ1v) is 9.99. The SMILES string of the molecule is O=P(c1cccc(C(F)(F)F)c1)(c1cccc(C(F)(F)F)c1)[C@@H]1CCCN1. The summed E-state index contributed by atoms with van der Waals surface area (Å²) < 4.78 is 92.6. The molecule has 1 atom stereocenters. The van der Waals surface area contributed by atoms with Crippen LogP contribution in [0.3, 0.4) is 0 Å². The van der Waals surface area contributed by atoms with Gasteiger partial charge in [-0.2, -0.15) is 26.3 Å². The molecule has 2 aromatic rings. The summed E-state index contributed by atoms with van der Waals surface area (Å²) in [5.41, 5.74) is -1.96. The van der Waals surface area contributed by atoms with Crippen molar-refractivity contribution in [1.82, 2.24) is 5.32 Å². The minimum Gasteiger partial charge on any atom is -0.312 e. The molecule has 1 aliphatic heterocycles. The quantitative estimate of drug-likeness (QED) is 0.588. The number of halogens is 6. The van der Waals surface area contributed by atoms with Gasteiger partial charge in [-0.3, -0.25) is 0 Å². The lowest BCUT2D eigenvalue weighted by Crippen LogP contribution is -2.33. The fraction of sp³-hybridized carbons (Fsp3) is 0.333. The molecule has 0 bridgehead atoms. The maximum absolute atomic E-state index is 14.0. The zero-order chi connectivity index (χ0) is 19.9. The van der Waals surface area contributed by atoms with Gasteiger partial charge in [-0.1, -0.05) is 24.3 Å². The van der Waals surface area contributed by atoms with E-state index in [1.165, 1.54) is 12.1 Å². The highest BCUT2D eigenvalue weighted by Crippen LogP contribution is 2.51. The third-order valence-corrected chi connectivity index (χ3v) is 8.00. The summed E-state index contributed by atoms with van der Waals surface area (Å²) in [6.45, 7) is 0.507. The Hall–Kier alpha value is -1.79. The predicted octanol–water partition coefficient (Wildman–Crippen LogP) is 4.75. The van der Waals surface area contributed by atoms with E-state index in [0.29, 0.717) is 19.4 Å². The number of alkyl halides is 6. The van der Waals surface area contributed by atoms with Crippen molar-refractivity contribution in [1.29, 1.82) is 0 Å². The maximum atomic E-state index is 14.0. The van der Waals surface area contributed by atoms with Crippen LogP contribution < -0.4 is 15.9 Å². The number of hydrogen-bond donors (Lipinski definition) is 1. The van der Waals surface area contributed by atoms with Gasteiger partial charge in [0.05, 0.1) is 16.9 Å². The average molecular weight is 407 g/mol. The molecule has 0 aliphatic carbocycles. The Morgan fingerprint density at radius 2 is 1.33 bits per heavy atom. The average Bonchev–Trinajstić information content (AvgIpc) is 3.15. The number of nitrogens with one attached hydrogen (secondary N) is 1. The second-order valence-corrected chi connectivity index (χ2v) is 9.34. The molecule has 3 rings (SSSR count). The van der Waals surface area contributed by atoms with E-state index in [1.54, 1.807) is 0 Å². The maximum Gasteiger partial charge on any atom is 0.416 e. The smallest absolute Gasteiger partial charge is 0.312 e. The molecule has 0 amide bonds. The molecule has 27 heavy (non-hydrogen) atoms. The van der Waals surface area contributed by atoms with Crippen molar-refractivity contribution in [2.75, 3.05) is 6.54 Å². The first-order valence-electron chi connectivity index (χ1n) is 8.22. The second kappa shape index (κ2) is 6.99. The third kappa shape index (κ3) is 3.92. The molecular formula is C18H16F6NOP. The van der Waals surface area contributed by atoms with E-state index >= 15 is 0 Å². The summed E-state index contributed by atoms with van der Waals surface area (Å²) in [5, 5.41) is 2.78. The molecule has 0 saturated carbocycles. The molecule has 0 aromatic heterocycles. The van der Waals surface area contributed by atoms with Gasteiger partial charge in [0.25, 0.3) is 0 Å². The van der Waals surface area contributed by atoms with Crippen LogP contribution in [0.4, 0.5) is 26.3 Å². The first-order chi connectivity index (χ1) is 12.5. The van der Waals surface area contributed by atoms with Gasteiger partial charge in [-0.15, -0.1) is 0 Å². The van der Waals surface area contributed by atoms with Gasteiger partial charge in [0.1, 0.15) is 0 Å². The molecular weight excluding hydrogens is 391 g/mol. The molecule has 2 aromatic carbocycles. The molecule has 1 fully saturated rings. The Morgan fingerprint density at radius 1 is 0.852 bits per heavy atom. The lowest BCUT2D eigenvalue weighted by atomic mass is 10.2. The van der Waals surface area contributed by atoms with Crippen LogP contribution in [0.2, 0.25) is 0 Å². The summed E-state index contributed by atoms with van der Waals surface area (Å²) in [5.74, 6) is -0.704. The van der Waals surface area contributed by atoms with E-state index in [-0.39, 0.29) is 10.6 Å². The van der Waals surface area contributed by atoms with Crippen molar-refractivity contribution in [2.24, 2.45) is 0 Å². The molecule has 1 aliphatic rings. The summed E-state index contributed by atoms with van der Waals surface area (Å²) in [6.07, 6.45) is -8.23. The lowest BCUT2D eigenvalue weighted by molar-refractivity contribution is -0.138. The Morgan fingerprint density at radius 3 is 1.70 bits per heavy atom. The van der Waals surface area contributed by atoms with E-state index in [4.69, 9.17) is 0 Å². The van der Waals surface area contributed by atoms with Crippen LogP contribution in [0.1, 0.15) is 24.0 Å². The van der Waals surface area contributed by atoms with Crippen molar-refractivity contribution in [3.63, 3.8) is 0 Å². The topological polar surface area (TPSA) is 29.1 Å². The Bertz CT molecular complexity index is 809. The largest absolute Gasteiger partial charge is 0.416 e. The molecule has 1 heterocycles. The van der Waals surface area contributed by atoms with Crippen molar-refractivity contribution in [2.45, 2.75) is 31.0 Å². The van der Waals surface area contributed by atoms with Crippen LogP contribution in [-0.2, 0) is 16.9 Å². The lowest BCUT2D eigenvalue weighted by Gasteiger charge is -2.27. The molecule has 0 spiro atoms. The van der Waals surface area contributed by atoms with E-state index in [9.17, 15) is 30.9 Å². The molecule has 0 radical (unpaired) electrons. The number of rotatable bonds is 3. The predicted molar refractivity (Wildman–Crippen MR) is 90.8 cm³/mol. The Kier molecular flexibility index (Phi) is 5.16. The highest BCUT2D eigenvalue weighted by molar-refractivity contribution is 7.79. The van der Waals surface area contributed by atoms with Gasteiger partial charge in [-0.05, 0) is 43.7 Å². The van der Waals surface area contributed by atoms with Gasteiger partial charge in [-0.25, -0.2) is 0 Å². The van der Waals surface area contributed by atoms with Gasteiger partial charge in [0, 0.05) is 10.6 Å². The monoisotopic (exact) mass is 407 g/mol. The minimum atomic E-state index is -4.64. The summed E-state index contributed by atoms with van der Waals surface area (Å²) in [6, 6.07) is 8.10. The van der Waals surface area contributed by atoms with Crippen LogP contribution in [0.25, 0.3) is 0 Å². The summed E-state index contributed by atoms with van der Waals surface area (Å²) in [4.78, 5) is 0. The molecule has 0 unspecified atom stereocenters.